The first-order chi connectivity index (χ1) is 18.6. The lowest BCUT2D eigenvalue weighted by molar-refractivity contribution is -0.201. The zero-order chi connectivity index (χ0) is 28.3. The molecule has 2 aliphatic rings. The Morgan fingerprint density at radius 1 is 1.33 bits per heavy atom. The molecule has 0 aromatic heterocycles. The highest BCUT2D eigenvalue weighted by Gasteiger charge is 2.44. The number of carbonyl (C=O) groups excluding carboxylic acids is 1. The van der Waals surface area contributed by atoms with Crippen LogP contribution in [0, 0.1) is 29.5 Å². The third-order valence-corrected chi connectivity index (χ3v) is 9.09. The minimum atomic E-state index is -3.74. The molecule has 8 nitrogen and oxygen atoms in total. The molecule has 0 radical (unpaired) electrons. The highest BCUT2D eigenvalue weighted by molar-refractivity contribution is 7.92. The fourth-order valence-electron chi connectivity index (χ4n) is 4.24. The second-order valence-electron chi connectivity index (χ2n) is 9.95. The van der Waals surface area contributed by atoms with Gasteiger partial charge in [-0.1, -0.05) is 18.1 Å². The van der Waals surface area contributed by atoms with E-state index in [0.29, 0.717) is 51.9 Å². The van der Waals surface area contributed by atoms with Crippen LogP contribution < -0.4 is 5.48 Å². The second-order valence-corrected chi connectivity index (χ2v) is 12.4. The summed E-state index contributed by atoms with van der Waals surface area (Å²) in [6.07, 6.45) is 6.86. The van der Waals surface area contributed by atoms with Gasteiger partial charge in [-0.05, 0) is 80.1 Å². The van der Waals surface area contributed by atoms with Crippen LogP contribution in [0.25, 0.3) is 5.57 Å². The van der Waals surface area contributed by atoms with Gasteiger partial charge in [0.15, 0.2) is 20.9 Å². The average molecular weight is 561 g/mol. The lowest BCUT2D eigenvalue weighted by Crippen LogP contribution is -2.52. The monoisotopic (exact) mass is 560 g/mol. The number of ether oxygens (including phenoxy) is 1. The lowest BCUT2D eigenvalue weighted by Gasteiger charge is -2.32. The quantitative estimate of drug-likeness (QED) is 0.258. The number of halogens is 1. The number of aliphatic hydroxyl groups is 1. The van der Waals surface area contributed by atoms with E-state index in [2.05, 4.69) is 34.1 Å². The van der Waals surface area contributed by atoms with Gasteiger partial charge in [-0.15, -0.1) is 0 Å². The van der Waals surface area contributed by atoms with E-state index >= 15 is 0 Å². The molecule has 1 aromatic carbocycles. The first-order valence-corrected chi connectivity index (χ1v) is 15.1. The van der Waals surface area contributed by atoms with Crippen molar-refractivity contribution in [3.8, 4) is 23.7 Å². The number of hydrogen-bond donors (Lipinski definition) is 2. The number of carbonyl (C=O) groups is 1. The largest absolute Gasteiger partial charge is 0.396 e. The van der Waals surface area contributed by atoms with E-state index in [1.54, 1.807) is 6.07 Å². The van der Waals surface area contributed by atoms with E-state index < -0.39 is 32.6 Å². The summed E-state index contributed by atoms with van der Waals surface area (Å²) in [7, 11) is -3.74. The molecule has 0 aliphatic carbocycles. The van der Waals surface area contributed by atoms with Crippen molar-refractivity contribution >= 4 is 21.3 Å². The fraction of sp³-hybridized carbons (Fsp3) is 0.552. The number of nitrogens with one attached hydrogen (secondary N) is 1. The summed E-state index contributed by atoms with van der Waals surface area (Å²) in [5.74, 6) is 9.70. The van der Waals surface area contributed by atoms with Gasteiger partial charge in [0.25, 0.3) is 5.91 Å². The Labute approximate surface area is 230 Å². The van der Waals surface area contributed by atoms with Gasteiger partial charge < -0.3 is 9.84 Å². The zero-order valence-electron chi connectivity index (χ0n) is 22.6. The third-order valence-electron chi connectivity index (χ3n) is 7.07. The SMILES string of the molecule is CC(CCN1CC=C(c2ccc(C#CC#CCCCO)c(F)c2)CC1)(C(=O)NOC1CCCCO1)S(C)(=O)=O. The summed E-state index contributed by atoms with van der Waals surface area (Å²) in [6.45, 7) is 3.63. The maximum atomic E-state index is 14.6. The van der Waals surface area contributed by atoms with E-state index in [-0.39, 0.29) is 18.6 Å². The number of sulfone groups is 1. The molecule has 0 saturated carbocycles. The molecular weight excluding hydrogens is 523 g/mol. The predicted molar refractivity (Wildman–Crippen MR) is 147 cm³/mol. The summed E-state index contributed by atoms with van der Waals surface area (Å²) in [6, 6.07) is 4.93. The van der Waals surface area contributed by atoms with Crippen LogP contribution in [0.3, 0.4) is 0 Å². The number of aliphatic hydroxyl groups excluding tert-OH is 1. The molecule has 2 unspecified atom stereocenters. The van der Waals surface area contributed by atoms with Crippen molar-refractivity contribution in [1.29, 1.82) is 0 Å². The van der Waals surface area contributed by atoms with Crippen LogP contribution in [0.1, 0.15) is 63.0 Å². The number of rotatable bonds is 10. The van der Waals surface area contributed by atoms with Crippen molar-refractivity contribution in [1.82, 2.24) is 10.4 Å². The molecule has 2 atom stereocenters. The molecule has 1 amide bonds. The molecule has 2 aliphatic heterocycles. The van der Waals surface area contributed by atoms with Crippen molar-refractivity contribution < 1.29 is 32.3 Å². The molecule has 0 spiro atoms. The summed E-state index contributed by atoms with van der Waals surface area (Å²) in [5.41, 5.74) is 4.35. The first-order valence-electron chi connectivity index (χ1n) is 13.2. The van der Waals surface area contributed by atoms with Crippen molar-refractivity contribution in [2.45, 2.75) is 62.9 Å². The summed E-state index contributed by atoms with van der Waals surface area (Å²) >= 11 is 0. The topological polar surface area (TPSA) is 105 Å². The summed E-state index contributed by atoms with van der Waals surface area (Å²) in [5, 5.41) is 8.74. The van der Waals surface area contributed by atoms with Gasteiger partial charge in [0, 0.05) is 51.9 Å². The fourth-order valence-corrected chi connectivity index (χ4v) is 5.08. The molecule has 2 heterocycles. The minimum Gasteiger partial charge on any atom is -0.396 e. The Morgan fingerprint density at radius 2 is 2.15 bits per heavy atom. The molecule has 3 rings (SSSR count). The second kappa shape index (κ2) is 14.6. The van der Waals surface area contributed by atoms with Crippen LogP contribution in [0.4, 0.5) is 4.39 Å². The third kappa shape index (κ3) is 8.89. The van der Waals surface area contributed by atoms with Crippen LogP contribution in [0.15, 0.2) is 24.3 Å². The number of hydroxylamine groups is 1. The highest BCUT2D eigenvalue weighted by Crippen LogP contribution is 2.27. The molecule has 1 fully saturated rings. The van der Waals surface area contributed by atoms with E-state index in [1.807, 2.05) is 12.1 Å². The van der Waals surface area contributed by atoms with Gasteiger partial charge in [0.2, 0.25) is 0 Å². The molecule has 39 heavy (non-hydrogen) atoms. The summed E-state index contributed by atoms with van der Waals surface area (Å²) < 4.78 is 43.6. The number of hydrogen-bond acceptors (Lipinski definition) is 7. The first kappa shape index (κ1) is 30.8. The maximum Gasteiger partial charge on any atom is 0.264 e. The molecule has 1 saturated heterocycles. The maximum absolute atomic E-state index is 14.6. The van der Waals surface area contributed by atoms with Gasteiger partial charge in [-0.25, -0.2) is 23.1 Å². The van der Waals surface area contributed by atoms with Crippen molar-refractivity contribution in [2.75, 3.05) is 39.1 Å². The molecule has 0 bridgehead atoms. The predicted octanol–water partition coefficient (Wildman–Crippen LogP) is 2.81. The van der Waals surface area contributed by atoms with Crippen LogP contribution in [-0.4, -0.2) is 74.5 Å². The van der Waals surface area contributed by atoms with Crippen LogP contribution in [-0.2, 0) is 24.2 Å². The van der Waals surface area contributed by atoms with E-state index in [4.69, 9.17) is 14.7 Å². The van der Waals surface area contributed by atoms with Crippen molar-refractivity contribution in [3.05, 3.63) is 41.2 Å². The van der Waals surface area contributed by atoms with Crippen molar-refractivity contribution in [3.63, 3.8) is 0 Å². The summed E-state index contributed by atoms with van der Waals surface area (Å²) in [4.78, 5) is 20.3. The minimum absolute atomic E-state index is 0.0783. The number of unbranched alkanes of at least 4 members (excludes halogenated alkanes) is 1. The van der Waals surface area contributed by atoms with Crippen LogP contribution in [0.2, 0.25) is 0 Å². The van der Waals surface area contributed by atoms with E-state index in [0.717, 1.165) is 30.2 Å². The molecular formula is C29H37FN2O6S. The average Bonchev–Trinajstić information content (AvgIpc) is 2.93. The van der Waals surface area contributed by atoms with Crippen LogP contribution >= 0.6 is 0 Å². The van der Waals surface area contributed by atoms with Gasteiger partial charge in [-0.3, -0.25) is 9.69 Å². The number of nitrogens with zero attached hydrogens (tertiary/aromatic N) is 1. The number of amides is 1. The van der Waals surface area contributed by atoms with Gasteiger partial charge in [0.05, 0.1) is 5.56 Å². The highest BCUT2D eigenvalue weighted by atomic mass is 32.2. The van der Waals surface area contributed by atoms with Gasteiger partial charge in [0.1, 0.15) is 5.82 Å². The van der Waals surface area contributed by atoms with E-state index in [1.165, 1.54) is 13.0 Å². The van der Waals surface area contributed by atoms with Gasteiger partial charge in [-0.2, -0.15) is 0 Å². The molecule has 10 heteroatoms. The number of benzene rings is 1. The molecule has 1 aromatic rings. The Morgan fingerprint density at radius 3 is 2.79 bits per heavy atom. The van der Waals surface area contributed by atoms with Crippen molar-refractivity contribution in [2.24, 2.45) is 0 Å². The Hall–Kier alpha value is -2.73. The van der Waals surface area contributed by atoms with Crippen LogP contribution in [0.5, 0.6) is 0 Å². The zero-order valence-corrected chi connectivity index (χ0v) is 23.4. The standard InChI is InChI=1S/C29H37FN2O6S/c1-29(39(2,35)36,28(34)31-38-27-11-7-9-21-37-27)16-19-32-17-14-23(15-18-32)25-13-12-24(26(30)22-25)10-6-4-3-5-8-20-33/h12-14,22,27,33H,5,7-9,11,15-21H2,1-2H3,(H,31,34). The Balaban J connectivity index is 1.57. The van der Waals surface area contributed by atoms with Gasteiger partial charge >= 0.3 is 0 Å². The normalized spacial score (nSPS) is 19.5. The van der Waals surface area contributed by atoms with E-state index in [9.17, 15) is 17.6 Å². The molecule has 212 valence electrons. The molecule has 2 N–H and O–H groups in total. The Bertz CT molecular complexity index is 1270. The smallest absolute Gasteiger partial charge is 0.264 e. The Kier molecular flexibility index (Phi) is 11.5. The lowest BCUT2D eigenvalue weighted by atomic mass is 9.97.